The number of nitrogens with one attached hydrogen (secondary N) is 1. The van der Waals surface area contributed by atoms with Gasteiger partial charge < -0.3 is 9.88 Å². The number of H-pyrrole nitrogens is 1. The Morgan fingerprint density at radius 2 is 1.73 bits per heavy atom. The normalized spacial score (nSPS) is 21.1. The smallest absolute Gasteiger partial charge is 0.262 e. The zero-order valence-electron chi connectivity index (χ0n) is 18.7. The van der Waals surface area contributed by atoms with Crippen molar-refractivity contribution in [3.63, 3.8) is 0 Å². The van der Waals surface area contributed by atoms with Crippen LogP contribution in [0.5, 0.6) is 0 Å². The fourth-order valence-electron chi connectivity index (χ4n) is 5.26. The highest BCUT2D eigenvalue weighted by Gasteiger charge is 2.30. The second-order valence-electron chi connectivity index (χ2n) is 9.24. The van der Waals surface area contributed by atoms with Gasteiger partial charge >= 0.3 is 0 Å². The summed E-state index contributed by atoms with van der Waals surface area (Å²) in [6.07, 6.45) is 6.78. The van der Waals surface area contributed by atoms with E-state index in [9.17, 15) is 9.59 Å². The Labute approximate surface area is 198 Å². The lowest BCUT2D eigenvalue weighted by atomic mass is 9.81. The summed E-state index contributed by atoms with van der Waals surface area (Å²) in [6.45, 7) is 2.11. The van der Waals surface area contributed by atoms with E-state index in [1.807, 2.05) is 35.2 Å². The Hall–Kier alpha value is -2.99. The summed E-state index contributed by atoms with van der Waals surface area (Å²) in [4.78, 5) is 31.3. The fraction of sp³-hybridized carbons (Fsp3) is 0.370. The van der Waals surface area contributed by atoms with E-state index in [0.29, 0.717) is 29.2 Å². The van der Waals surface area contributed by atoms with Crippen LogP contribution in [0.15, 0.2) is 65.5 Å². The third-order valence-corrected chi connectivity index (χ3v) is 7.51. The highest BCUT2D eigenvalue weighted by Crippen LogP contribution is 2.32. The van der Waals surface area contributed by atoms with Crippen LogP contribution in [0.4, 0.5) is 0 Å². The molecule has 1 amide bonds. The van der Waals surface area contributed by atoms with E-state index in [0.717, 1.165) is 44.2 Å². The molecule has 2 aliphatic rings. The van der Waals surface area contributed by atoms with Crippen LogP contribution in [-0.4, -0.2) is 33.4 Å². The number of para-hydroxylation sites is 1. The third-order valence-electron chi connectivity index (χ3n) is 7.19. The van der Waals surface area contributed by atoms with Crippen LogP contribution in [0.25, 0.3) is 16.5 Å². The number of aromatic nitrogens is 2. The topological polar surface area (TPSA) is 58.1 Å². The summed E-state index contributed by atoms with van der Waals surface area (Å²) >= 11 is 5.47. The third kappa shape index (κ3) is 4.58. The first kappa shape index (κ1) is 21.8. The molecule has 0 bridgehead atoms. The molecule has 6 heteroatoms. The van der Waals surface area contributed by atoms with Crippen LogP contribution in [0.3, 0.4) is 0 Å². The lowest BCUT2D eigenvalue weighted by Gasteiger charge is -2.34. The largest absolute Gasteiger partial charge is 0.338 e. The maximum atomic E-state index is 13.1. The first-order valence-corrected chi connectivity index (χ1v) is 12.3. The predicted octanol–water partition coefficient (Wildman–Crippen LogP) is 5.18. The van der Waals surface area contributed by atoms with Crippen LogP contribution in [-0.2, 0) is 11.3 Å². The van der Waals surface area contributed by atoms with E-state index >= 15 is 0 Å². The number of hydrogen-bond donors (Lipinski definition) is 1. The number of fused-ring (bicyclic) bond motifs is 1. The molecule has 1 aliphatic carbocycles. The van der Waals surface area contributed by atoms with Crippen molar-refractivity contribution >= 4 is 34.6 Å². The highest BCUT2D eigenvalue weighted by molar-refractivity contribution is 7.71. The van der Waals surface area contributed by atoms with Gasteiger partial charge in [-0.25, -0.2) is 0 Å². The van der Waals surface area contributed by atoms with Gasteiger partial charge in [-0.2, -0.15) is 0 Å². The lowest BCUT2D eigenvalue weighted by molar-refractivity contribution is -0.136. The summed E-state index contributed by atoms with van der Waals surface area (Å²) in [5, 5.41) is 0.669. The van der Waals surface area contributed by atoms with E-state index in [1.54, 1.807) is 4.57 Å². The number of nitrogens with zero attached hydrogens (tertiary/aromatic N) is 2. The number of benzene rings is 2. The lowest BCUT2D eigenvalue weighted by Crippen LogP contribution is -2.40. The fourth-order valence-corrected chi connectivity index (χ4v) is 5.52. The molecule has 2 aromatic carbocycles. The molecule has 3 aromatic rings. The van der Waals surface area contributed by atoms with Crippen molar-refractivity contribution in [2.75, 3.05) is 13.1 Å². The molecule has 0 atom stereocenters. The molecule has 1 fully saturated rings. The summed E-state index contributed by atoms with van der Waals surface area (Å²) in [5.74, 6) is 0.752. The van der Waals surface area contributed by atoms with Gasteiger partial charge in [-0.05, 0) is 73.5 Å². The molecule has 1 saturated carbocycles. The standard InChI is InChI=1S/C27H29N3O2S/c31-25(29-16-14-21(15-17-29)20-6-2-1-3-7-20)22-12-10-19(11-13-22)18-30-26(32)23-8-4-5-9-24(23)28-27(30)33/h1-9,14,19,22H,10-13,15-18H2,(H,28,33). The second kappa shape index (κ2) is 9.48. The highest BCUT2D eigenvalue weighted by atomic mass is 32.1. The van der Waals surface area contributed by atoms with E-state index in [-0.39, 0.29) is 17.4 Å². The molecule has 170 valence electrons. The summed E-state index contributed by atoms with van der Waals surface area (Å²) in [5.41, 5.74) is 3.35. The van der Waals surface area contributed by atoms with Crippen LogP contribution in [0, 0.1) is 16.6 Å². The van der Waals surface area contributed by atoms with Crippen molar-refractivity contribution in [2.45, 2.75) is 38.6 Å². The first-order chi connectivity index (χ1) is 16.1. The zero-order chi connectivity index (χ0) is 22.8. The molecule has 5 nitrogen and oxygen atoms in total. The van der Waals surface area contributed by atoms with Crippen LogP contribution in [0.2, 0.25) is 0 Å². The van der Waals surface area contributed by atoms with Gasteiger partial charge in [-0.3, -0.25) is 14.2 Å². The molecule has 33 heavy (non-hydrogen) atoms. The SMILES string of the molecule is O=C(C1CCC(Cn2c(=S)[nH]c3ccccc3c2=O)CC1)N1CC=C(c2ccccc2)CC1. The molecule has 0 unspecified atom stereocenters. The summed E-state index contributed by atoms with van der Waals surface area (Å²) in [6, 6.07) is 17.9. The molecule has 1 aromatic heterocycles. The summed E-state index contributed by atoms with van der Waals surface area (Å²) in [7, 11) is 0. The van der Waals surface area contributed by atoms with Crippen LogP contribution < -0.4 is 5.56 Å². The maximum Gasteiger partial charge on any atom is 0.262 e. The number of aromatic amines is 1. The average molecular weight is 460 g/mol. The predicted molar refractivity (Wildman–Crippen MR) is 134 cm³/mol. The van der Waals surface area contributed by atoms with Gasteiger partial charge in [0.2, 0.25) is 5.91 Å². The van der Waals surface area contributed by atoms with Gasteiger partial charge in [0.25, 0.3) is 5.56 Å². The molecule has 0 spiro atoms. The van der Waals surface area contributed by atoms with E-state index in [1.165, 1.54) is 11.1 Å². The Balaban J connectivity index is 1.19. The minimum atomic E-state index is -0.0260. The van der Waals surface area contributed by atoms with Crippen molar-refractivity contribution in [3.8, 4) is 0 Å². The average Bonchev–Trinajstić information content (AvgIpc) is 2.87. The van der Waals surface area contributed by atoms with Gasteiger partial charge in [0.05, 0.1) is 10.9 Å². The molecule has 0 saturated heterocycles. The molecule has 5 rings (SSSR count). The van der Waals surface area contributed by atoms with E-state index in [2.05, 4.69) is 35.3 Å². The quantitative estimate of drug-likeness (QED) is 0.547. The van der Waals surface area contributed by atoms with Gasteiger partial charge in [0.15, 0.2) is 4.77 Å². The Morgan fingerprint density at radius 3 is 2.45 bits per heavy atom. The van der Waals surface area contributed by atoms with Crippen LogP contribution in [0.1, 0.15) is 37.7 Å². The molecular weight excluding hydrogens is 430 g/mol. The Bertz CT molecular complexity index is 1300. The molecule has 1 aliphatic heterocycles. The zero-order valence-corrected chi connectivity index (χ0v) is 19.5. The Kier molecular flexibility index (Phi) is 6.27. The second-order valence-corrected chi connectivity index (χ2v) is 9.63. The molecule has 1 N–H and O–H groups in total. The van der Waals surface area contributed by atoms with E-state index < -0.39 is 0 Å². The maximum absolute atomic E-state index is 13.1. The van der Waals surface area contributed by atoms with Gasteiger partial charge in [0, 0.05) is 25.6 Å². The molecule has 2 heterocycles. The number of amides is 1. The van der Waals surface area contributed by atoms with Gasteiger partial charge in [-0.1, -0.05) is 48.5 Å². The minimum Gasteiger partial charge on any atom is -0.338 e. The van der Waals surface area contributed by atoms with Gasteiger partial charge in [-0.15, -0.1) is 0 Å². The van der Waals surface area contributed by atoms with Crippen molar-refractivity contribution in [1.29, 1.82) is 0 Å². The minimum absolute atomic E-state index is 0.0260. The molecule has 0 radical (unpaired) electrons. The summed E-state index contributed by atoms with van der Waals surface area (Å²) < 4.78 is 2.18. The molecular formula is C27H29N3O2S. The van der Waals surface area contributed by atoms with Crippen LogP contribution >= 0.6 is 12.2 Å². The number of carbonyl (C=O) groups is 1. The number of carbonyl (C=O) groups excluding carboxylic acids is 1. The van der Waals surface area contributed by atoms with Crippen molar-refractivity contribution in [2.24, 2.45) is 11.8 Å². The Morgan fingerprint density at radius 1 is 1.00 bits per heavy atom. The van der Waals surface area contributed by atoms with Crippen molar-refractivity contribution in [1.82, 2.24) is 14.5 Å². The number of hydrogen-bond acceptors (Lipinski definition) is 3. The van der Waals surface area contributed by atoms with E-state index in [4.69, 9.17) is 12.2 Å². The van der Waals surface area contributed by atoms with Crippen molar-refractivity contribution in [3.05, 3.63) is 81.4 Å². The first-order valence-electron chi connectivity index (χ1n) is 11.9. The van der Waals surface area contributed by atoms with Gasteiger partial charge in [0.1, 0.15) is 0 Å². The van der Waals surface area contributed by atoms with Crippen molar-refractivity contribution < 1.29 is 4.79 Å². The number of rotatable bonds is 4. The monoisotopic (exact) mass is 459 g/mol.